The molecule has 0 aliphatic rings. The Kier molecular flexibility index (Phi) is 13.5. The fourth-order valence-electron chi connectivity index (χ4n) is 1.27. The van der Waals surface area contributed by atoms with Crippen LogP contribution in [0.3, 0.4) is 0 Å². The van der Waals surface area contributed by atoms with Crippen LogP contribution in [0.5, 0.6) is 0 Å². The van der Waals surface area contributed by atoms with Gasteiger partial charge in [-0.05, 0) is 20.3 Å². The smallest absolute Gasteiger partial charge is 0.191 e. The summed E-state index contributed by atoms with van der Waals surface area (Å²) in [7, 11) is 0.167. The van der Waals surface area contributed by atoms with Gasteiger partial charge < -0.3 is 20.1 Å². The molecule has 134 valence electrons. The number of ether oxygens (including phenoxy) is 2. The fourth-order valence-corrected chi connectivity index (χ4v) is 1.61. The van der Waals surface area contributed by atoms with Crippen molar-refractivity contribution < 1.29 is 17.9 Å². The molecule has 0 heterocycles. The molecule has 2 N–H and O–H groups in total. The van der Waals surface area contributed by atoms with Crippen molar-refractivity contribution in [3.63, 3.8) is 0 Å². The van der Waals surface area contributed by atoms with E-state index in [-0.39, 0.29) is 24.0 Å². The van der Waals surface area contributed by atoms with Crippen molar-refractivity contribution in [2.24, 2.45) is 4.99 Å². The summed E-state index contributed by atoms with van der Waals surface area (Å²) >= 11 is 0. The molecule has 0 aromatic carbocycles. The molecule has 22 heavy (non-hydrogen) atoms. The third kappa shape index (κ3) is 10.6. The number of methoxy groups -OCH3 is 1. The zero-order valence-electron chi connectivity index (χ0n) is 14.1. The third-order valence-electron chi connectivity index (χ3n) is 3.10. The Morgan fingerprint density at radius 1 is 1.18 bits per heavy atom. The fraction of sp³-hybridized carbons (Fsp3) is 0.923. The monoisotopic (exact) mass is 451 g/mol. The van der Waals surface area contributed by atoms with E-state index in [0.29, 0.717) is 38.9 Å². The van der Waals surface area contributed by atoms with Gasteiger partial charge in [0.25, 0.3) is 0 Å². The quantitative estimate of drug-likeness (QED) is 0.220. The molecule has 0 radical (unpaired) electrons. The van der Waals surface area contributed by atoms with Gasteiger partial charge >= 0.3 is 0 Å². The Hall–Kier alpha value is -0.130. The molecule has 0 aromatic rings. The first-order valence-corrected chi connectivity index (χ1v) is 8.84. The highest BCUT2D eigenvalue weighted by Gasteiger charge is 2.30. The van der Waals surface area contributed by atoms with Gasteiger partial charge in [-0.25, -0.2) is 8.42 Å². The molecular formula is C13H30IN3O4S. The summed E-state index contributed by atoms with van der Waals surface area (Å²) in [5.74, 6) is 0.587. The van der Waals surface area contributed by atoms with Gasteiger partial charge in [-0.3, -0.25) is 4.99 Å². The highest BCUT2D eigenvalue weighted by molar-refractivity contribution is 14.0. The van der Waals surface area contributed by atoms with Crippen LogP contribution in [0.2, 0.25) is 0 Å². The second-order valence-corrected chi connectivity index (χ2v) is 7.99. The first kappa shape index (κ1) is 24.1. The normalized spacial score (nSPS) is 12.7. The van der Waals surface area contributed by atoms with Crippen LogP contribution in [0.15, 0.2) is 4.99 Å². The van der Waals surface area contributed by atoms with Gasteiger partial charge in [-0.2, -0.15) is 0 Å². The minimum Gasteiger partial charge on any atom is -0.382 e. The molecule has 9 heteroatoms. The number of nitrogens with one attached hydrogen (secondary N) is 2. The van der Waals surface area contributed by atoms with E-state index in [9.17, 15) is 8.42 Å². The lowest BCUT2D eigenvalue weighted by Gasteiger charge is -2.24. The van der Waals surface area contributed by atoms with Crippen LogP contribution in [0.1, 0.15) is 20.3 Å². The molecule has 0 saturated carbocycles. The minimum atomic E-state index is -3.12. The maximum Gasteiger partial charge on any atom is 0.191 e. The van der Waals surface area contributed by atoms with Gasteiger partial charge in [0.05, 0.1) is 18.0 Å². The molecule has 0 atom stereocenters. The summed E-state index contributed by atoms with van der Waals surface area (Å²) in [5.41, 5.74) is 0. The highest BCUT2D eigenvalue weighted by atomic mass is 127. The standard InChI is InChI=1S/C13H29N3O4S.HI/c1-13(2,21(5,17)18)11-16-12(14-3)15-7-6-8-20-10-9-19-4;/h6-11H2,1-5H3,(H2,14,15,16);1H. The van der Waals surface area contributed by atoms with Crippen LogP contribution in [-0.2, 0) is 19.3 Å². The number of nitrogens with zero attached hydrogens (tertiary/aromatic N) is 1. The molecule has 0 fully saturated rings. The molecule has 0 spiro atoms. The SMILES string of the molecule is CN=C(NCCCOCCOC)NCC(C)(C)S(C)(=O)=O.I. The lowest BCUT2D eigenvalue weighted by atomic mass is 10.2. The lowest BCUT2D eigenvalue weighted by molar-refractivity contribution is 0.0698. The average Bonchev–Trinajstić information content (AvgIpc) is 2.39. The van der Waals surface area contributed by atoms with E-state index in [1.54, 1.807) is 28.0 Å². The highest BCUT2D eigenvalue weighted by Crippen LogP contribution is 2.13. The lowest BCUT2D eigenvalue weighted by Crippen LogP contribution is -2.47. The molecule has 7 nitrogen and oxygen atoms in total. The van der Waals surface area contributed by atoms with E-state index < -0.39 is 14.6 Å². The van der Waals surface area contributed by atoms with Crippen LogP contribution in [0.4, 0.5) is 0 Å². The molecule has 0 amide bonds. The van der Waals surface area contributed by atoms with Gasteiger partial charge in [0.2, 0.25) is 0 Å². The first-order valence-electron chi connectivity index (χ1n) is 6.95. The summed E-state index contributed by atoms with van der Waals surface area (Å²) in [6.45, 7) is 6.20. The van der Waals surface area contributed by atoms with Gasteiger partial charge in [-0.15, -0.1) is 24.0 Å². The van der Waals surface area contributed by atoms with Crippen molar-refractivity contribution in [2.45, 2.75) is 25.0 Å². The van der Waals surface area contributed by atoms with Crippen molar-refractivity contribution >= 4 is 39.8 Å². The maximum atomic E-state index is 11.6. The predicted octanol–water partition coefficient (Wildman–Crippen LogP) is 0.646. The van der Waals surface area contributed by atoms with Gasteiger partial charge in [0.15, 0.2) is 15.8 Å². The Morgan fingerprint density at radius 3 is 2.32 bits per heavy atom. The Bertz CT molecular complexity index is 414. The Balaban J connectivity index is 0. The molecule has 0 bridgehead atoms. The van der Waals surface area contributed by atoms with Crippen LogP contribution < -0.4 is 10.6 Å². The van der Waals surface area contributed by atoms with E-state index in [0.717, 1.165) is 6.42 Å². The number of aliphatic imine (C=N–C) groups is 1. The zero-order chi connectivity index (χ0) is 16.4. The largest absolute Gasteiger partial charge is 0.382 e. The van der Waals surface area contributed by atoms with E-state index >= 15 is 0 Å². The van der Waals surface area contributed by atoms with Gasteiger partial charge in [0.1, 0.15) is 0 Å². The van der Waals surface area contributed by atoms with Crippen LogP contribution in [0, 0.1) is 0 Å². The number of halogens is 1. The van der Waals surface area contributed by atoms with Crippen molar-refractivity contribution in [3.8, 4) is 0 Å². The topological polar surface area (TPSA) is 89.0 Å². The molecule has 0 rings (SSSR count). The van der Waals surface area contributed by atoms with E-state index in [1.807, 2.05) is 0 Å². The zero-order valence-corrected chi connectivity index (χ0v) is 17.3. The van der Waals surface area contributed by atoms with E-state index in [4.69, 9.17) is 9.47 Å². The van der Waals surface area contributed by atoms with E-state index in [1.165, 1.54) is 6.26 Å². The Labute approximate surface area is 151 Å². The number of rotatable bonds is 10. The molecule has 0 unspecified atom stereocenters. The summed E-state index contributed by atoms with van der Waals surface area (Å²) < 4.78 is 32.6. The van der Waals surface area contributed by atoms with Crippen molar-refractivity contribution in [2.75, 3.05) is 53.3 Å². The summed E-state index contributed by atoms with van der Waals surface area (Å²) in [4.78, 5) is 4.06. The van der Waals surface area contributed by atoms with Crippen LogP contribution >= 0.6 is 24.0 Å². The van der Waals surface area contributed by atoms with Gasteiger partial charge in [0, 0.05) is 40.1 Å². The maximum absolute atomic E-state index is 11.6. The van der Waals surface area contributed by atoms with Crippen molar-refractivity contribution in [3.05, 3.63) is 0 Å². The number of guanidine groups is 1. The van der Waals surface area contributed by atoms with E-state index in [2.05, 4.69) is 15.6 Å². The van der Waals surface area contributed by atoms with Crippen molar-refractivity contribution in [1.29, 1.82) is 0 Å². The summed E-state index contributed by atoms with van der Waals surface area (Å²) in [6.07, 6.45) is 2.07. The molecule has 0 aliphatic heterocycles. The summed E-state index contributed by atoms with van der Waals surface area (Å²) in [5, 5.41) is 6.14. The first-order chi connectivity index (χ1) is 9.74. The summed E-state index contributed by atoms with van der Waals surface area (Å²) in [6, 6.07) is 0. The van der Waals surface area contributed by atoms with Crippen LogP contribution in [-0.4, -0.2) is 72.4 Å². The molecular weight excluding hydrogens is 421 g/mol. The average molecular weight is 451 g/mol. The molecule has 0 aliphatic carbocycles. The molecule has 0 saturated heterocycles. The Morgan fingerprint density at radius 2 is 1.82 bits per heavy atom. The minimum absolute atomic E-state index is 0. The third-order valence-corrected chi connectivity index (χ3v) is 5.25. The molecule has 0 aromatic heterocycles. The number of hydrogen-bond donors (Lipinski definition) is 2. The van der Waals surface area contributed by atoms with Crippen LogP contribution in [0.25, 0.3) is 0 Å². The number of sulfone groups is 1. The predicted molar refractivity (Wildman–Crippen MR) is 101 cm³/mol. The second kappa shape index (κ2) is 12.3. The van der Waals surface area contributed by atoms with Gasteiger partial charge in [-0.1, -0.05) is 0 Å². The second-order valence-electron chi connectivity index (χ2n) is 5.34. The van der Waals surface area contributed by atoms with Crippen molar-refractivity contribution in [1.82, 2.24) is 10.6 Å². The number of hydrogen-bond acceptors (Lipinski definition) is 5.